The molecule has 0 bridgehead atoms. The van der Waals surface area contributed by atoms with Crippen molar-refractivity contribution in [3.8, 4) is 0 Å². The van der Waals surface area contributed by atoms with E-state index in [1.54, 1.807) is 0 Å². The molecule has 0 spiro atoms. The lowest BCUT2D eigenvalue weighted by molar-refractivity contribution is -0.123. The predicted molar refractivity (Wildman–Crippen MR) is 71.7 cm³/mol. The van der Waals surface area contributed by atoms with E-state index in [9.17, 15) is 4.79 Å². The Morgan fingerprint density at radius 1 is 1.41 bits per heavy atom. The van der Waals surface area contributed by atoms with Crippen molar-refractivity contribution in [2.75, 3.05) is 11.1 Å². The van der Waals surface area contributed by atoms with Crippen LogP contribution in [-0.4, -0.2) is 11.4 Å². The van der Waals surface area contributed by atoms with E-state index in [-0.39, 0.29) is 11.8 Å². The zero-order chi connectivity index (χ0) is 13.2. The Bertz CT molecular complexity index is 429. The third kappa shape index (κ3) is 2.70. The number of carbonyl (C=O) groups excluding carboxylic acids is 1. The number of rotatable bonds is 4. The molecule has 0 radical (unpaired) electrons. The van der Waals surface area contributed by atoms with Crippen LogP contribution in [-0.2, 0) is 4.79 Å². The van der Waals surface area contributed by atoms with Gasteiger partial charge < -0.3 is 16.8 Å². The van der Waals surface area contributed by atoms with Crippen LogP contribution < -0.4 is 16.8 Å². The fourth-order valence-corrected chi connectivity index (χ4v) is 1.54. The van der Waals surface area contributed by atoms with Crippen LogP contribution in [0.1, 0.15) is 26.3 Å². The highest BCUT2D eigenvalue weighted by Crippen LogP contribution is 2.26. The summed E-state index contributed by atoms with van der Waals surface area (Å²) in [6.45, 7) is 7.69. The summed E-state index contributed by atoms with van der Waals surface area (Å²) in [6, 6.07) is 5.57. The average Bonchev–Trinajstić information content (AvgIpc) is 2.22. The van der Waals surface area contributed by atoms with Gasteiger partial charge in [0.25, 0.3) is 0 Å². The van der Waals surface area contributed by atoms with Crippen LogP contribution in [0.2, 0.25) is 0 Å². The summed E-state index contributed by atoms with van der Waals surface area (Å²) in [5.41, 5.74) is 13.0. The molecule has 0 aromatic heterocycles. The summed E-state index contributed by atoms with van der Waals surface area (Å²) >= 11 is 0. The number of aryl methyl sites for hydroxylation is 1. The Kier molecular flexibility index (Phi) is 3.66. The summed E-state index contributed by atoms with van der Waals surface area (Å²) in [5.74, 6) is -0.282. The molecule has 1 unspecified atom stereocenters. The molecule has 1 aromatic carbocycles. The van der Waals surface area contributed by atoms with Crippen LogP contribution in [0.4, 0.5) is 11.4 Å². The molecular formula is C13H21N3O. The number of nitrogens with two attached hydrogens (primary N) is 2. The van der Waals surface area contributed by atoms with Gasteiger partial charge in [-0.2, -0.15) is 0 Å². The molecule has 4 heteroatoms. The Morgan fingerprint density at radius 3 is 2.47 bits per heavy atom. The normalized spacial score (nSPS) is 14.4. The van der Waals surface area contributed by atoms with Crippen molar-refractivity contribution in [3.63, 3.8) is 0 Å². The van der Waals surface area contributed by atoms with Crippen LogP contribution in [0.25, 0.3) is 0 Å². The fourth-order valence-electron chi connectivity index (χ4n) is 1.54. The largest absolute Gasteiger partial charge is 0.399 e. The summed E-state index contributed by atoms with van der Waals surface area (Å²) < 4.78 is 0. The highest BCUT2D eigenvalue weighted by Gasteiger charge is 2.34. The van der Waals surface area contributed by atoms with Crippen LogP contribution >= 0.6 is 0 Å². The smallest absolute Gasteiger partial charge is 0.243 e. The zero-order valence-electron chi connectivity index (χ0n) is 10.9. The molecule has 5 N–H and O–H groups in total. The van der Waals surface area contributed by atoms with Gasteiger partial charge in [0, 0.05) is 11.4 Å². The number of hydrogen-bond acceptors (Lipinski definition) is 3. The number of amides is 1. The first kappa shape index (κ1) is 13.4. The molecule has 1 rings (SSSR count). The lowest BCUT2D eigenvalue weighted by Crippen LogP contribution is -2.52. The van der Waals surface area contributed by atoms with Crippen molar-refractivity contribution in [1.29, 1.82) is 0 Å². The Labute approximate surface area is 102 Å². The van der Waals surface area contributed by atoms with Crippen molar-refractivity contribution in [3.05, 3.63) is 23.8 Å². The number of hydrogen-bond donors (Lipinski definition) is 3. The van der Waals surface area contributed by atoms with Gasteiger partial charge in [0.15, 0.2) is 0 Å². The van der Waals surface area contributed by atoms with E-state index in [1.165, 1.54) is 0 Å². The van der Waals surface area contributed by atoms with E-state index in [4.69, 9.17) is 11.5 Å². The molecule has 1 atom stereocenters. The standard InChI is InChI=1S/C13H21N3O/c1-8(2)13(4,12(15)17)16-11-7-10(14)6-5-9(11)3/h5-8,16H,14H2,1-4H3,(H2,15,17). The highest BCUT2D eigenvalue weighted by atomic mass is 16.1. The van der Waals surface area contributed by atoms with Gasteiger partial charge in [-0.15, -0.1) is 0 Å². The number of benzene rings is 1. The van der Waals surface area contributed by atoms with E-state index >= 15 is 0 Å². The SMILES string of the molecule is Cc1ccc(N)cc1NC(C)(C(N)=O)C(C)C. The first-order chi connectivity index (χ1) is 7.77. The molecule has 1 aromatic rings. The molecule has 0 saturated heterocycles. The molecule has 1 amide bonds. The van der Waals surface area contributed by atoms with Gasteiger partial charge in [-0.05, 0) is 37.5 Å². The topological polar surface area (TPSA) is 81.1 Å². The maximum atomic E-state index is 11.6. The molecule has 4 nitrogen and oxygen atoms in total. The molecule has 0 fully saturated rings. The summed E-state index contributed by atoms with van der Waals surface area (Å²) in [5, 5.41) is 3.21. The fraction of sp³-hybridized carbons (Fsp3) is 0.462. The van der Waals surface area contributed by atoms with E-state index in [0.29, 0.717) is 5.69 Å². The second-order valence-corrected chi connectivity index (χ2v) is 4.92. The maximum Gasteiger partial charge on any atom is 0.243 e. The number of anilines is 2. The van der Waals surface area contributed by atoms with Crippen molar-refractivity contribution >= 4 is 17.3 Å². The molecular weight excluding hydrogens is 214 g/mol. The van der Waals surface area contributed by atoms with Crippen LogP contribution in [0.5, 0.6) is 0 Å². The van der Waals surface area contributed by atoms with Crippen LogP contribution in [0.15, 0.2) is 18.2 Å². The zero-order valence-corrected chi connectivity index (χ0v) is 10.9. The lowest BCUT2D eigenvalue weighted by Gasteiger charge is -2.33. The Hall–Kier alpha value is -1.71. The van der Waals surface area contributed by atoms with Gasteiger partial charge in [-0.1, -0.05) is 19.9 Å². The summed E-state index contributed by atoms with van der Waals surface area (Å²) in [4.78, 5) is 11.6. The first-order valence-electron chi connectivity index (χ1n) is 5.71. The Morgan fingerprint density at radius 2 is 2.00 bits per heavy atom. The summed E-state index contributed by atoms with van der Waals surface area (Å²) in [6.07, 6.45) is 0. The third-order valence-electron chi connectivity index (χ3n) is 3.32. The van der Waals surface area contributed by atoms with Gasteiger partial charge in [0.2, 0.25) is 5.91 Å². The van der Waals surface area contributed by atoms with Crippen molar-refractivity contribution in [1.82, 2.24) is 0 Å². The lowest BCUT2D eigenvalue weighted by atomic mass is 9.87. The number of carbonyl (C=O) groups is 1. The van der Waals surface area contributed by atoms with Crippen LogP contribution in [0, 0.1) is 12.8 Å². The van der Waals surface area contributed by atoms with Crippen molar-refractivity contribution < 1.29 is 4.79 Å². The highest BCUT2D eigenvalue weighted by molar-refractivity contribution is 5.88. The number of nitrogens with one attached hydrogen (secondary N) is 1. The van der Waals surface area contributed by atoms with Gasteiger partial charge >= 0.3 is 0 Å². The van der Waals surface area contributed by atoms with Crippen LogP contribution in [0.3, 0.4) is 0 Å². The van der Waals surface area contributed by atoms with Crippen molar-refractivity contribution in [2.24, 2.45) is 11.7 Å². The van der Waals surface area contributed by atoms with Gasteiger partial charge in [0.05, 0.1) is 0 Å². The molecule has 0 aliphatic rings. The van der Waals surface area contributed by atoms with E-state index in [0.717, 1.165) is 11.3 Å². The molecule has 0 aliphatic carbocycles. The van der Waals surface area contributed by atoms with Gasteiger partial charge in [0.1, 0.15) is 5.54 Å². The quantitative estimate of drug-likeness (QED) is 0.697. The van der Waals surface area contributed by atoms with E-state index in [1.807, 2.05) is 45.9 Å². The minimum Gasteiger partial charge on any atom is -0.399 e. The minimum atomic E-state index is -0.779. The number of primary amides is 1. The minimum absolute atomic E-state index is 0.0841. The average molecular weight is 235 g/mol. The molecule has 0 aliphatic heterocycles. The molecule has 0 saturated carbocycles. The van der Waals surface area contributed by atoms with Gasteiger partial charge in [-0.3, -0.25) is 4.79 Å². The number of nitrogen functional groups attached to an aromatic ring is 1. The second kappa shape index (κ2) is 4.65. The second-order valence-electron chi connectivity index (χ2n) is 4.92. The monoisotopic (exact) mass is 235 g/mol. The van der Waals surface area contributed by atoms with Crippen molar-refractivity contribution in [2.45, 2.75) is 33.2 Å². The van der Waals surface area contributed by atoms with Gasteiger partial charge in [-0.25, -0.2) is 0 Å². The van der Waals surface area contributed by atoms with E-state index < -0.39 is 5.54 Å². The molecule has 0 heterocycles. The molecule has 17 heavy (non-hydrogen) atoms. The first-order valence-corrected chi connectivity index (χ1v) is 5.71. The van der Waals surface area contributed by atoms with E-state index in [2.05, 4.69) is 5.32 Å². The maximum absolute atomic E-state index is 11.6. The third-order valence-corrected chi connectivity index (χ3v) is 3.32. The molecule has 94 valence electrons. The predicted octanol–water partition coefficient (Wildman–Crippen LogP) is 1.89. The summed E-state index contributed by atoms with van der Waals surface area (Å²) in [7, 11) is 0. The Balaban J connectivity index is 3.10.